The topological polar surface area (TPSA) is 50.2 Å². The molecular formula is C18H22F2N4O. The molecule has 0 aliphatic carbocycles. The fourth-order valence-electron chi connectivity index (χ4n) is 3.27. The molecule has 1 aliphatic rings. The Kier molecular flexibility index (Phi) is 5.13. The molecule has 0 saturated heterocycles. The maximum absolute atomic E-state index is 14.0. The molecule has 0 bridgehead atoms. The molecule has 1 aromatic heterocycles. The smallest absolute Gasteiger partial charge is 0.244 e. The average molecular weight is 348 g/mol. The average Bonchev–Trinajstić information content (AvgIpc) is 2.97. The van der Waals surface area contributed by atoms with E-state index in [1.165, 1.54) is 12.1 Å². The van der Waals surface area contributed by atoms with Crippen LogP contribution in [0.1, 0.15) is 36.2 Å². The van der Waals surface area contributed by atoms with Crippen LogP contribution in [0.25, 0.3) is 0 Å². The number of aryl methyl sites for hydroxylation is 1. The Morgan fingerprint density at radius 2 is 2.24 bits per heavy atom. The fourth-order valence-corrected chi connectivity index (χ4v) is 3.27. The van der Waals surface area contributed by atoms with Crippen molar-refractivity contribution < 1.29 is 13.6 Å². The highest BCUT2D eigenvalue weighted by molar-refractivity contribution is 5.84. The molecule has 0 radical (unpaired) electrons. The lowest BCUT2D eigenvalue weighted by atomic mass is 10.00. The monoisotopic (exact) mass is 348 g/mol. The molecule has 0 saturated carbocycles. The largest absolute Gasteiger partial charge is 0.337 e. The highest BCUT2D eigenvalue weighted by Crippen LogP contribution is 2.25. The Morgan fingerprint density at radius 1 is 1.44 bits per heavy atom. The second kappa shape index (κ2) is 7.31. The van der Waals surface area contributed by atoms with Crippen molar-refractivity contribution in [2.24, 2.45) is 7.05 Å². The number of halogens is 2. The minimum Gasteiger partial charge on any atom is -0.337 e. The van der Waals surface area contributed by atoms with Gasteiger partial charge >= 0.3 is 0 Å². The van der Waals surface area contributed by atoms with Gasteiger partial charge in [-0.1, -0.05) is 13.0 Å². The molecule has 2 aromatic rings. The second-order valence-corrected chi connectivity index (χ2v) is 6.30. The van der Waals surface area contributed by atoms with Gasteiger partial charge in [-0.3, -0.25) is 9.48 Å². The second-order valence-electron chi connectivity index (χ2n) is 6.30. The number of carbonyl (C=O) groups is 1. The van der Waals surface area contributed by atoms with Crippen molar-refractivity contribution in [2.75, 3.05) is 13.1 Å². The van der Waals surface area contributed by atoms with Crippen LogP contribution in [0.15, 0.2) is 24.4 Å². The summed E-state index contributed by atoms with van der Waals surface area (Å²) in [6, 6.07) is 2.98. The minimum absolute atomic E-state index is 0.112. The standard InChI is InChI=1S/C18H22F2N4O/c1-3-8-24(11-12-4-5-13(19)9-15(12)20)18(25)17-14-10-22-23(2)16(14)6-7-21-17/h4-5,9-10,17,21H,3,6-8,11H2,1-2H3. The summed E-state index contributed by atoms with van der Waals surface area (Å²) in [5.41, 5.74) is 2.23. The van der Waals surface area contributed by atoms with E-state index in [4.69, 9.17) is 0 Å². The van der Waals surface area contributed by atoms with E-state index in [1.807, 2.05) is 14.0 Å². The molecule has 1 amide bonds. The number of nitrogens with one attached hydrogen (secondary N) is 1. The summed E-state index contributed by atoms with van der Waals surface area (Å²) in [5.74, 6) is -1.37. The predicted molar refractivity (Wildman–Crippen MR) is 89.7 cm³/mol. The van der Waals surface area contributed by atoms with E-state index in [0.717, 1.165) is 30.2 Å². The first-order valence-corrected chi connectivity index (χ1v) is 8.48. The Hall–Kier alpha value is -2.28. The molecule has 25 heavy (non-hydrogen) atoms. The fraction of sp³-hybridized carbons (Fsp3) is 0.444. The summed E-state index contributed by atoms with van der Waals surface area (Å²) >= 11 is 0. The van der Waals surface area contributed by atoms with Gasteiger partial charge in [-0.25, -0.2) is 8.78 Å². The molecule has 134 valence electrons. The summed E-state index contributed by atoms with van der Waals surface area (Å²) in [4.78, 5) is 14.7. The maximum atomic E-state index is 14.0. The van der Waals surface area contributed by atoms with Gasteiger partial charge in [0.05, 0.1) is 6.20 Å². The number of rotatable bonds is 5. The van der Waals surface area contributed by atoms with Crippen molar-refractivity contribution in [1.82, 2.24) is 20.0 Å². The van der Waals surface area contributed by atoms with Crippen molar-refractivity contribution in [3.8, 4) is 0 Å². The Balaban J connectivity index is 1.84. The molecule has 0 spiro atoms. The Bertz CT molecular complexity index is 774. The summed E-state index contributed by atoms with van der Waals surface area (Å²) in [6.07, 6.45) is 3.28. The number of hydrogen-bond donors (Lipinski definition) is 1. The minimum atomic E-state index is -0.632. The van der Waals surface area contributed by atoms with E-state index in [2.05, 4.69) is 10.4 Å². The molecule has 0 fully saturated rings. The first-order chi connectivity index (χ1) is 12.0. The van der Waals surface area contributed by atoms with Crippen LogP contribution in [-0.2, 0) is 24.8 Å². The van der Waals surface area contributed by atoms with Crippen molar-refractivity contribution >= 4 is 5.91 Å². The lowest BCUT2D eigenvalue weighted by molar-refractivity contribution is -0.134. The van der Waals surface area contributed by atoms with Gasteiger partial charge in [0.1, 0.15) is 17.7 Å². The van der Waals surface area contributed by atoms with Crippen molar-refractivity contribution in [2.45, 2.75) is 32.4 Å². The zero-order chi connectivity index (χ0) is 18.0. The maximum Gasteiger partial charge on any atom is 0.244 e. The predicted octanol–water partition coefficient (Wildman–Crippen LogP) is 2.32. The van der Waals surface area contributed by atoms with Crippen molar-refractivity contribution in [1.29, 1.82) is 0 Å². The molecule has 1 unspecified atom stereocenters. The lowest BCUT2D eigenvalue weighted by Crippen LogP contribution is -2.44. The molecular weight excluding hydrogens is 326 g/mol. The van der Waals surface area contributed by atoms with E-state index in [0.29, 0.717) is 18.7 Å². The van der Waals surface area contributed by atoms with Gasteiger partial charge in [-0.15, -0.1) is 0 Å². The van der Waals surface area contributed by atoms with Crippen molar-refractivity contribution in [3.05, 3.63) is 52.9 Å². The van der Waals surface area contributed by atoms with Gasteiger partial charge in [0.15, 0.2) is 0 Å². The highest BCUT2D eigenvalue weighted by Gasteiger charge is 2.31. The highest BCUT2D eigenvalue weighted by atomic mass is 19.1. The van der Waals surface area contributed by atoms with Gasteiger partial charge in [0, 0.05) is 56.0 Å². The third-order valence-corrected chi connectivity index (χ3v) is 4.54. The zero-order valence-corrected chi connectivity index (χ0v) is 14.4. The van der Waals surface area contributed by atoms with Gasteiger partial charge in [-0.05, 0) is 12.5 Å². The number of hydrogen-bond acceptors (Lipinski definition) is 3. The summed E-state index contributed by atoms with van der Waals surface area (Å²) in [5, 5.41) is 7.49. The summed E-state index contributed by atoms with van der Waals surface area (Å²) in [7, 11) is 1.86. The van der Waals surface area contributed by atoms with Crippen LogP contribution in [0, 0.1) is 11.6 Å². The number of benzene rings is 1. The van der Waals surface area contributed by atoms with Crippen LogP contribution in [0.5, 0.6) is 0 Å². The van der Waals surface area contributed by atoms with E-state index in [9.17, 15) is 13.6 Å². The number of nitrogens with zero attached hydrogens (tertiary/aromatic N) is 3. The number of carbonyl (C=O) groups excluding carboxylic acids is 1. The van der Waals surface area contributed by atoms with Crippen molar-refractivity contribution in [3.63, 3.8) is 0 Å². The molecule has 1 N–H and O–H groups in total. The Labute approximate surface area is 145 Å². The van der Waals surface area contributed by atoms with Gasteiger partial charge in [-0.2, -0.15) is 5.10 Å². The van der Waals surface area contributed by atoms with Crippen LogP contribution in [0.2, 0.25) is 0 Å². The van der Waals surface area contributed by atoms with Crippen LogP contribution in [0.3, 0.4) is 0 Å². The normalized spacial score (nSPS) is 16.6. The molecule has 2 heterocycles. The third-order valence-electron chi connectivity index (χ3n) is 4.54. The van der Waals surface area contributed by atoms with E-state index in [-0.39, 0.29) is 12.5 Å². The SMILES string of the molecule is CCCN(Cc1ccc(F)cc1F)C(=O)C1NCCc2c1cnn2C. The molecule has 1 atom stereocenters. The molecule has 3 rings (SSSR count). The first kappa shape index (κ1) is 17.5. The van der Waals surface area contributed by atoms with E-state index in [1.54, 1.807) is 15.8 Å². The van der Waals surface area contributed by atoms with Crippen LogP contribution >= 0.6 is 0 Å². The first-order valence-electron chi connectivity index (χ1n) is 8.48. The van der Waals surface area contributed by atoms with Gasteiger partial charge in [0.25, 0.3) is 0 Å². The zero-order valence-electron chi connectivity index (χ0n) is 14.4. The van der Waals surface area contributed by atoms with Crippen LogP contribution in [0.4, 0.5) is 8.78 Å². The molecule has 1 aromatic carbocycles. The van der Waals surface area contributed by atoms with Crippen LogP contribution in [-0.4, -0.2) is 33.7 Å². The summed E-state index contributed by atoms with van der Waals surface area (Å²) < 4.78 is 28.9. The lowest BCUT2D eigenvalue weighted by Gasteiger charge is -2.30. The van der Waals surface area contributed by atoms with Gasteiger partial charge in [0.2, 0.25) is 5.91 Å². The van der Waals surface area contributed by atoms with Gasteiger partial charge < -0.3 is 10.2 Å². The molecule has 1 aliphatic heterocycles. The third kappa shape index (κ3) is 3.56. The molecule has 7 heteroatoms. The quantitative estimate of drug-likeness (QED) is 0.902. The number of amides is 1. The van der Waals surface area contributed by atoms with Crippen LogP contribution < -0.4 is 5.32 Å². The van der Waals surface area contributed by atoms with E-state index < -0.39 is 17.7 Å². The summed E-state index contributed by atoms with van der Waals surface area (Å²) in [6.45, 7) is 3.27. The number of aromatic nitrogens is 2. The number of fused-ring (bicyclic) bond motifs is 1. The van der Waals surface area contributed by atoms with E-state index >= 15 is 0 Å². The Morgan fingerprint density at radius 3 is 2.96 bits per heavy atom. The molecule has 5 nitrogen and oxygen atoms in total.